The summed E-state index contributed by atoms with van der Waals surface area (Å²) < 4.78 is 29.3. The Morgan fingerprint density at radius 1 is 0.929 bits per heavy atom. The van der Waals surface area contributed by atoms with Crippen molar-refractivity contribution in [3.8, 4) is 11.5 Å². The molecule has 8 nitrogen and oxygen atoms in total. The number of hydrogen-bond donors (Lipinski definition) is 1. The molecule has 2 amide bonds. The number of piperidine rings is 1. The van der Waals surface area contributed by atoms with Crippen LogP contribution in [0.4, 0.5) is 0 Å². The standard InChI is InChI=1S/C33H45N3O5S/c1-3-4-20-36-31(37)30(23-25-8-6-5-7-9-25)34-32(38)33(36)18-21-35(22-19-33)24-26-10-12-27(13-11-26)41-28-14-16-29(17-15-28)42(2,39)40/h10-17,25,30H,3-9,18-24H2,1-2H3,(H,34,38). The predicted molar refractivity (Wildman–Crippen MR) is 163 cm³/mol. The highest BCUT2D eigenvalue weighted by Crippen LogP contribution is 2.36. The highest BCUT2D eigenvalue weighted by molar-refractivity contribution is 7.90. The number of likely N-dealkylation sites (tertiary alicyclic amines) is 1. The average molecular weight is 596 g/mol. The van der Waals surface area contributed by atoms with E-state index in [1.165, 1.54) is 38.4 Å². The minimum atomic E-state index is -3.24. The number of amides is 2. The zero-order valence-electron chi connectivity index (χ0n) is 25.0. The second-order valence-electron chi connectivity index (χ2n) is 12.4. The van der Waals surface area contributed by atoms with E-state index >= 15 is 0 Å². The van der Waals surface area contributed by atoms with Crippen molar-refractivity contribution in [2.45, 2.75) is 94.2 Å². The van der Waals surface area contributed by atoms with E-state index < -0.39 is 15.4 Å². The number of ether oxygens (including phenoxy) is 1. The van der Waals surface area contributed by atoms with Gasteiger partial charge in [0.1, 0.15) is 23.1 Å². The maximum absolute atomic E-state index is 13.8. The zero-order valence-corrected chi connectivity index (χ0v) is 25.8. The van der Waals surface area contributed by atoms with Crippen molar-refractivity contribution in [2.75, 3.05) is 25.9 Å². The maximum Gasteiger partial charge on any atom is 0.246 e. The Labute approximate surface area is 250 Å². The molecule has 3 aliphatic rings. The van der Waals surface area contributed by atoms with Crippen LogP contribution in [0, 0.1) is 5.92 Å². The van der Waals surface area contributed by atoms with Crippen LogP contribution < -0.4 is 10.1 Å². The van der Waals surface area contributed by atoms with E-state index in [9.17, 15) is 18.0 Å². The summed E-state index contributed by atoms with van der Waals surface area (Å²) >= 11 is 0. The van der Waals surface area contributed by atoms with E-state index in [-0.39, 0.29) is 22.8 Å². The third kappa shape index (κ3) is 7.00. The number of benzene rings is 2. The van der Waals surface area contributed by atoms with Gasteiger partial charge in [0.15, 0.2) is 9.84 Å². The molecule has 5 rings (SSSR count). The van der Waals surface area contributed by atoms with E-state index in [1.807, 2.05) is 29.2 Å². The first-order chi connectivity index (χ1) is 20.2. The Bertz CT molecular complexity index is 1330. The lowest BCUT2D eigenvalue weighted by Crippen LogP contribution is -2.73. The Balaban J connectivity index is 1.18. The first-order valence-electron chi connectivity index (χ1n) is 15.6. The van der Waals surface area contributed by atoms with Crippen molar-refractivity contribution >= 4 is 21.7 Å². The van der Waals surface area contributed by atoms with E-state index in [4.69, 9.17) is 4.74 Å². The van der Waals surface area contributed by atoms with Crippen LogP contribution in [-0.2, 0) is 26.0 Å². The van der Waals surface area contributed by atoms with Gasteiger partial charge in [0.2, 0.25) is 11.8 Å². The minimum absolute atomic E-state index is 0.0460. The van der Waals surface area contributed by atoms with Gasteiger partial charge in [-0.1, -0.05) is 57.6 Å². The smallest absolute Gasteiger partial charge is 0.246 e. The lowest BCUT2D eigenvalue weighted by atomic mass is 9.79. The second kappa shape index (κ2) is 13.2. The van der Waals surface area contributed by atoms with Gasteiger partial charge in [-0.3, -0.25) is 14.5 Å². The van der Waals surface area contributed by atoms with Gasteiger partial charge in [-0.2, -0.15) is 0 Å². The molecular weight excluding hydrogens is 550 g/mol. The molecule has 0 aromatic heterocycles. The number of rotatable bonds is 10. The molecule has 2 aromatic carbocycles. The normalized spacial score (nSPS) is 21.9. The van der Waals surface area contributed by atoms with Gasteiger partial charge in [0.05, 0.1) is 4.90 Å². The maximum atomic E-state index is 13.8. The van der Waals surface area contributed by atoms with E-state index in [2.05, 4.69) is 17.1 Å². The van der Waals surface area contributed by atoms with Crippen LogP contribution in [0.1, 0.15) is 76.7 Å². The van der Waals surface area contributed by atoms with Crippen LogP contribution in [0.5, 0.6) is 11.5 Å². The summed E-state index contributed by atoms with van der Waals surface area (Å²) in [6, 6.07) is 13.9. The largest absolute Gasteiger partial charge is 0.457 e. The number of nitrogens with zero attached hydrogens (tertiary/aromatic N) is 2. The fourth-order valence-electron chi connectivity index (χ4n) is 6.82. The number of carbonyl (C=O) groups is 2. The summed E-state index contributed by atoms with van der Waals surface area (Å²) in [6.45, 7) is 5.05. The molecule has 1 spiro atoms. The number of sulfone groups is 1. The van der Waals surface area contributed by atoms with E-state index in [0.717, 1.165) is 44.5 Å². The third-order valence-corrected chi connectivity index (χ3v) is 10.5. The second-order valence-corrected chi connectivity index (χ2v) is 14.4. The monoisotopic (exact) mass is 595 g/mol. The van der Waals surface area contributed by atoms with Crippen molar-refractivity contribution in [1.82, 2.24) is 15.1 Å². The molecule has 1 atom stereocenters. The molecule has 2 aromatic rings. The summed E-state index contributed by atoms with van der Waals surface area (Å²) in [5.74, 6) is 1.96. The zero-order chi connectivity index (χ0) is 29.7. The molecule has 2 heterocycles. The van der Waals surface area contributed by atoms with Gasteiger partial charge >= 0.3 is 0 Å². The summed E-state index contributed by atoms with van der Waals surface area (Å²) in [5, 5.41) is 3.19. The predicted octanol–water partition coefficient (Wildman–Crippen LogP) is 5.31. The lowest BCUT2D eigenvalue weighted by Gasteiger charge is -2.52. The number of piperazine rings is 1. The van der Waals surface area contributed by atoms with Crippen LogP contribution in [0.3, 0.4) is 0 Å². The highest BCUT2D eigenvalue weighted by Gasteiger charge is 2.53. The van der Waals surface area contributed by atoms with Crippen LogP contribution in [0.15, 0.2) is 53.4 Å². The first-order valence-corrected chi connectivity index (χ1v) is 17.5. The van der Waals surface area contributed by atoms with Crippen LogP contribution in [0.25, 0.3) is 0 Å². The number of hydrogen-bond acceptors (Lipinski definition) is 6. The Kier molecular flexibility index (Phi) is 9.57. The van der Waals surface area contributed by atoms with E-state index in [1.54, 1.807) is 24.3 Å². The molecule has 3 fully saturated rings. The summed E-state index contributed by atoms with van der Waals surface area (Å²) in [6.07, 6.45) is 11.2. The fourth-order valence-corrected chi connectivity index (χ4v) is 7.45. The topological polar surface area (TPSA) is 96.0 Å². The number of carbonyl (C=O) groups excluding carboxylic acids is 2. The van der Waals surface area contributed by atoms with Crippen molar-refractivity contribution in [3.63, 3.8) is 0 Å². The Morgan fingerprint density at radius 2 is 1.55 bits per heavy atom. The summed E-state index contributed by atoms with van der Waals surface area (Å²) in [7, 11) is -3.24. The summed E-state index contributed by atoms with van der Waals surface area (Å²) in [5.41, 5.74) is 0.404. The van der Waals surface area contributed by atoms with Gasteiger partial charge in [0, 0.05) is 32.4 Å². The molecule has 2 saturated heterocycles. The Hall–Kier alpha value is -2.91. The lowest BCUT2D eigenvalue weighted by molar-refractivity contribution is -0.162. The van der Waals surface area contributed by atoms with Gasteiger partial charge < -0.3 is 15.0 Å². The molecule has 1 N–H and O–H groups in total. The molecule has 0 radical (unpaired) electrons. The number of unbranched alkanes of at least 4 members (excludes halogenated alkanes) is 1. The van der Waals surface area contributed by atoms with Crippen molar-refractivity contribution in [2.24, 2.45) is 5.92 Å². The van der Waals surface area contributed by atoms with Crippen LogP contribution >= 0.6 is 0 Å². The van der Waals surface area contributed by atoms with Gasteiger partial charge in [-0.05, 0) is 73.6 Å². The fraction of sp³-hybridized carbons (Fsp3) is 0.576. The molecule has 42 heavy (non-hydrogen) atoms. The minimum Gasteiger partial charge on any atom is -0.457 e. The first kappa shape index (κ1) is 30.5. The van der Waals surface area contributed by atoms with Gasteiger partial charge in [-0.25, -0.2) is 8.42 Å². The molecule has 0 bridgehead atoms. The number of nitrogens with one attached hydrogen (secondary N) is 1. The van der Waals surface area contributed by atoms with E-state index in [0.29, 0.717) is 36.8 Å². The highest BCUT2D eigenvalue weighted by atomic mass is 32.2. The quantitative estimate of drug-likeness (QED) is 0.400. The molecule has 1 unspecified atom stereocenters. The molecule has 9 heteroatoms. The summed E-state index contributed by atoms with van der Waals surface area (Å²) in [4.78, 5) is 32.1. The van der Waals surface area contributed by atoms with Gasteiger partial charge in [-0.15, -0.1) is 0 Å². The van der Waals surface area contributed by atoms with Crippen molar-refractivity contribution in [3.05, 3.63) is 54.1 Å². The SMILES string of the molecule is CCCCN1C(=O)C(CC2CCCCC2)NC(=O)C12CCN(Cc1ccc(Oc3ccc(S(C)(=O)=O)cc3)cc1)CC2. The van der Waals surface area contributed by atoms with Crippen LogP contribution in [-0.4, -0.2) is 67.5 Å². The Morgan fingerprint density at radius 3 is 2.14 bits per heavy atom. The van der Waals surface area contributed by atoms with Gasteiger partial charge in [0.25, 0.3) is 0 Å². The van der Waals surface area contributed by atoms with Crippen molar-refractivity contribution in [1.29, 1.82) is 0 Å². The third-order valence-electron chi connectivity index (χ3n) is 9.34. The molecule has 228 valence electrons. The molecule has 1 saturated carbocycles. The average Bonchev–Trinajstić information content (AvgIpc) is 2.98. The molecular formula is C33H45N3O5S. The molecule has 1 aliphatic carbocycles. The van der Waals surface area contributed by atoms with Crippen LogP contribution in [0.2, 0.25) is 0 Å². The molecule has 2 aliphatic heterocycles. The van der Waals surface area contributed by atoms with Crippen molar-refractivity contribution < 1.29 is 22.7 Å².